The molecule has 0 unspecified atom stereocenters. The van der Waals surface area contributed by atoms with Crippen LogP contribution >= 0.6 is 39.1 Å². The average molecular weight is 2060 g/mol. The molecular weight excluding hydrogens is 1980 g/mol. The lowest BCUT2D eigenvalue weighted by Gasteiger charge is -2.12. The van der Waals surface area contributed by atoms with Crippen LogP contribution in [0.3, 0.4) is 0 Å². The molecule has 147 heavy (non-hydrogen) atoms. The van der Waals surface area contributed by atoms with Crippen molar-refractivity contribution < 1.29 is 32.1 Å². The molecule has 722 valence electrons. The molecule has 34 nitrogen and oxygen atoms in total. The fourth-order valence-corrected chi connectivity index (χ4v) is 19.9. The lowest BCUT2D eigenvalue weighted by molar-refractivity contribution is -0.0498. The molecule has 1 saturated carbocycles. The summed E-state index contributed by atoms with van der Waals surface area (Å²) in [5.74, 6) is 7.83. The van der Waals surface area contributed by atoms with Gasteiger partial charge in [0.05, 0.1) is 182 Å². The maximum atomic E-state index is 13.8. The van der Waals surface area contributed by atoms with Gasteiger partial charge in [0, 0.05) is 52.7 Å². The van der Waals surface area contributed by atoms with Gasteiger partial charge in [-0.2, -0.15) is 8.78 Å². The van der Waals surface area contributed by atoms with Crippen molar-refractivity contribution in [2.75, 3.05) is 13.2 Å². The number of para-hydroxylation sites is 1. The Morgan fingerprint density at radius 2 is 0.946 bits per heavy atom. The SMILES string of the molecule is Brc1ccc2c(c1)-n1nncc1Cc1c(C3=N[C@H](c4ccccc4)CO3)ncn1-2.Cc1ccc2c(c1)-n1nncc1Cc1c(C3=NC[C@@H](c4ccccc4)O3)ncn1-2.Clc1ccc2c(c1)-n1nncc1Cc1c(-c3cn(Cc4ccccc4)nn3)ncn1-2.FC(F)Oc1ccc2c(c1)-n1nncc1Cc1c(C#CC3(c4ccccc4)CC3)ncn1-2.Fc1ccccc1OCc1ncn2c1Cc1cnnn1-c1cc(Cl)ccc1-2. The van der Waals surface area contributed by atoms with Gasteiger partial charge in [0.15, 0.2) is 11.6 Å². The zero-order chi connectivity index (χ0) is 98.9. The molecule has 0 saturated heterocycles. The van der Waals surface area contributed by atoms with Gasteiger partial charge in [-0.05, 0) is 144 Å². The van der Waals surface area contributed by atoms with Crippen LogP contribution in [0, 0.1) is 24.6 Å². The Hall–Kier alpha value is -18.0. The smallest absolute Gasteiger partial charge is 0.387 e. The third-order valence-electron chi connectivity index (χ3n) is 26.5. The van der Waals surface area contributed by atoms with Crippen LogP contribution in [0.15, 0.2) is 320 Å². The van der Waals surface area contributed by atoms with Crippen molar-refractivity contribution in [3.63, 3.8) is 0 Å². The molecule has 18 heterocycles. The Morgan fingerprint density at radius 3 is 1.54 bits per heavy atom. The number of aromatic nitrogens is 28. The molecular formula is C107H78BrCl2F3N30O4. The molecule has 1 fully saturated rings. The van der Waals surface area contributed by atoms with E-state index >= 15 is 0 Å². The molecule has 1 aliphatic carbocycles. The second-order valence-electron chi connectivity index (χ2n) is 35.7. The van der Waals surface area contributed by atoms with Gasteiger partial charge in [-0.25, -0.2) is 67.4 Å². The third kappa shape index (κ3) is 17.4. The molecule has 29 rings (SSSR count). The summed E-state index contributed by atoms with van der Waals surface area (Å²) in [5, 5.41) is 51.5. The fourth-order valence-electron chi connectivity index (χ4n) is 19.2. The highest BCUT2D eigenvalue weighted by Crippen LogP contribution is 2.48. The molecule has 2 atom stereocenters. The van der Waals surface area contributed by atoms with Crippen LogP contribution in [0.1, 0.15) is 133 Å². The first-order valence-corrected chi connectivity index (χ1v) is 48.5. The number of hydrogen-bond donors (Lipinski definition) is 0. The monoisotopic (exact) mass is 2050 g/mol. The minimum atomic E-state index is -2.90. The summed E-state index contributed by atoms with van der Waals surface area (Å²) in [5.41, 5.74) is 28.6. The number of benzene rings is 10. The number of aryl methyl sites for hydroxylation is 1. The molecule has 0 radical (unpaired) electrons. The summed E-state index contributed by atoms with van der Waals surface area (Å²) in [6.45, 7) is 1.11. The summed E-state index contributed by atoms with van der Waals surface area (Å²) < 4.78 is 83.7. The summed E-state index contributed by atoms with van der Waals surface area (Å²) in [4.78, 5) is 32.6. The standard InChI is InChI=1S/C24H17F2N5O.C22H18N6O.C21H15BrN6O.C21H15ClN8.C19H13ClFN5O/c25-23(26)32-18-6-7-20-22(13-18)31-17(14-28-29-31)12-21-19(27-15-30(20)21)8-9-24(10-11-24)16-4-2-1-3-5-16;1-14-7-8-17-18(9-14)28-16(11-25-26-28)10-19-21(24-13-27(17)19)22-23-12-20(29-22)15-5-3-2-4-6-15;22-14-6-7-17-18(8-14)28-15(10-24-26-28)9-19-20(23-12-27(17)19)21-25-16(11-29-21)13-4-2-1-3-5-13;22-15-6-7-18-19(8-15)30-16(10-24-26-30)9-20-21(23-13-29(18)20)17-12-28(27-25-17)11-14-4-2-1-3-5-14;20-12-5-6-16-18(7-12)26-13(9-23-24-26)8-17-15(22-11-25(16)17)10-27-19-4-2-1-3-14(19)21/h1-7,13-15,23H,10-12H2;2-9,11,13,20H,10,12H2,1H3;1-8,10,12,16H,9,11H2;1-8,10,12-13H,9,11H2;1-7,9,11H,8,10H2/t;20-;16-;;/m.00../s1. The highest BCUT2D eigenvalue weighted by molar-refractivity contribution is 9.10. The topological polar surface area (TPSA) is 335 Å². The van der Waals surface area contributed by atoms with Gasteiger partial charge >= 0.3 is 6.61 Å². The third-order valence-corrected chi connectivity index (χ3v) is 27.5. The van der Waals surface area contributed by atoms with E-state index in [9.17, 15) is 13.2 Å². The van der Waals surface area contributed by atoms with Gasteiger partial charge in [-0.3, -0.25) is 18.3 Å². The van der Waals surface area contributed by atoms with E-state index in [2.05, 4.69) is 218 Å². The number of nitrogens with zero attached hydrogens (tertiary/aromatic N) is 30. The molecule has 7 aliphatic heterocycles. The Balaban J connectivity index is 0.0000000957. The van der Waals surface area contributed by atoms with E-state index in [1.165, 1.54) is 34.9 Å². The van der Waals surface area contributed by atoms with E-state index < -0.39 is 12.4 Å². The van der Waals surface area contributed by atoms with Gasteiger partial charge in [0.2, 0.25) is 11.8 Å². The average Bonchev–Trinajstić information content (AvgIpc) is 1.60. The lowest BCUT2D eigenvalue weighted by atomic mass is 9.96. The molecule has 11 aromatic heterocycles. The molecule has 10 aromatic carbocycles. The van der Waals surface area contributed by atoms with Crippen LogP contribution in [-0.4, -0.2) is 169 Å². The van der Waals surface area contributed by atoms with E-state index in [0.29, 0.717) is 85.0 Å². The van der Waals surface area contributed by atoms with Crippen LogP contribution in [-0.2, 0) is 60.1 Å². The number of halogens is 6. The highest BCUT2D eigenvalue weighted by Gasteiger charge is 2.43. The van der Waals surface area contributed by atoms with Crippen molar-refractivity contribution in [3.05, 3.63) is 433 Å². The molecule has 0 bridgehead atoms. The van der Waals surface area contributed by atoms with Crippen molar-refractivity contribution in [1.29, 1.82) is 0 Å². The molecule has 0 amide bonds. The second-order valence-corrected chi connectivity index (χ2v) is 37.5. The molecule has 40 heteroatoms. The predicted molar refractivity (Wildman–Crippen MR) is 538 cm³/mol. The van der Waals surface area contributed by atoms with Crippen LogP contribution in [0.25, 0.3) is 68.3 Å². The highest BCUT2D eigenvalue weighted by atomic mass is 79.9. The number of ether oxygens (including phenoxy) is 4. The van der Waals surface area contributed by atoms with E-state index in [1.807, 2.05) is 181 Å². The number of imidazole rings is 5. The first-order chi connectivity index (χ1) is 72.1. The minimum Gasteiger partial charge on any atom is -0.484 e. The van der Waals surface area contributed by atoms with Crippen LogP contribution in [0.2, 0.25) is 10.0 Å². The van der Waals surface area contributed by atoms with E-state index in [4.69, 9.17) is 42.4 Å². The van der Waals surface area contributed by atoms with Crippen LogP contribution in [0.5, 0.6) is 11.5 Å². The van der Waals surface area contributed by atoms with Gasteiger partial charge < -0.3 is 23.5 Å². The van der Waals surface area contributed by atoms with Crippen molar-refractivity contribution in [3.8, 4) is 91.6 Å². The second kappa shape index (κ2) is 38.1. The summed E-state index contributed by atoms with van der Waals surface area (Å²) >= 11 is 16.0. The normalized spacial score (nSPS) is 14.7. The number of fused-ring (bicyclic) bond motifs is 25. The van der Waals surface area contributed by atoms with Crippen LogP contribution in [0.4, 0.5) is 13.2 Å². The summed E-state index contributed by atoms with van der Waals surface area (Å²) in [7, 11) is 0. The van der Waals surface area contributed by atoms with Gasteiger partial charge in [0.25, 0.3) is 0 Å². The first kappa shape index (κ1) is 90.3. The summed E-state index contributed by atoms with van der Waals surface area (Å²) in [6.07, 6.45) is 24.6. The zero-order valence-corrected chi connectivity index (χ0v) is 80.8. The summed E-state index contributed by atoms with van der Waals surface area (Å²) in [6, 6.07) is 75.7. The van der Waals surface area contributed by atoms with Gasteiger partial charge in [0.1, 0.15) is 84.9 Å². The van der Waals surface area contributed by atoms with Crippen molar-refractivity contribution in [2.45, 2.75) is 89.2 Å². The molecule has 8 aliphatic rings. The largest absolute Gasteiger partial charge is 0.484 e. The van der Waals surface area contributed by atoms with Crippen molar-refractivity contribution in [2.24, 2.45) is 9.98 Å². The quantitative estimate of drug-likeness (QED) is 0.0968. The molecule has 0 N–H and O–H groups in total. The molecule has 0 spiro atoms. The van der Waals surface area contributed by atoms with Crippen molar-refractivity contribution in [1.82, 2.24) is 138 Å². The minimum absolute atomic E-state index is 0.00948. The Morgan fingerprint density at radius 1 is 0.469 bits per heavy atom. The van der Waals surface area contributed by atoms with Gasteiger partial charge in [-0.1, -0.05) is 216 Å². The van der Waals surface area contributed by atoms with Crippen molar-refractivity contribution >= 4 is 50.9 Å². The zero-order valence-electron chi connectivity index (χ0n) is 77.7. The maximum Gasteiger partial charge on any atom is 0.387 e. The number of aliphatic imine (C=N–C) groups is 2. The van der Waals surface area contributed by atoms with E-state index in [-0.39, 0.29) is 35.7 Å². The van der Waals surface area contributed by atoms with Crippen LogP contribution < -0.4 is 9.47 Å². The number of alkyl halides is 2. The molecule has 21 aromatic rings. The lowest BCUT2D eigenvalue weighted by Crippen LogP contribution is -2.10. The Kier molecular flexibility index (Phi) is 23.4. The first-order valence-electron chi connectivity index (χ1n) is 47.0. The fraction of sp³-hybridized carbons (Fsp3) is 0.150. The van der Waals surface area contributed by atoms with E-state index in [1.54, 1.807) is 71.1 Å². The number of hydrogen-bond acceptors (Lipinski definition) is 23. The Labute approximate surface area is 852 Å². The maximum absolute atomic E-state index is 13.8. The van der Waals surface area contributed by atoms with E-state index in [0.717, 1.165) is 165 Å². The van der Waals surface area contributed by atoms with Gasteiger partial charge in [-0.15, -0.1) is 30.6 Å². The number of rotatable bonds is 13. The Bertz CT molecular complexity index is 8740. The predicted octanol–water partition coefficient (Wildman–Crippen LogP) is 17.9.